The fourth-order valence-electron chi connectivity index (χ4n) is 2.35. The van der Waals surface area contributed by atoms with Gasteiger partial charge in [-0.1, -0.05) is 12.1 Å². The largest absolute Gasteiger partial charge is 0.390 e. The maximum atomic E-state index is 10.3. The maximum absolute atomic E-state index is 10.3. The number of aromatic nitrogens is 2. The average Bonchev–Trinajstić information content (AvgIpc) is 2.64. The molecule has 0 fully saturated rings. The van der Waals surface area contributed by atoms with Crippen LogP contribution in [0.4, 0.5) is 0 Å². The number of hydrogen-bond acceptors (Lipinski definition) is 3. The first-order valence-electron chi connectivity index (χ1n) is 6.44. The molecule has 0 amide bonds. The molecule has 0 saturated heterocycles. The van der Waals surface area contributed by atoms with Crippen molar-refractivity contribution in [3.05, 3.63) is 30.1 Å². The van der Waals surface area contributed by atoms with E-state index in [1.165, 1.54) is 0 Å². The number of benzene rings is 1. The molecule has 1 aromatic carbocycles. The first-order chi connectivity index (χ1) is 8.57. The van der Waals surface area contributed by atoms with Crippen molar-refractivity contribution in [1.82, 2.24) is 9.55 Å². The number of nitrogens with zero attached hydrogens (tertiary/aromatic N) is 2. The lowest BCUT2D eigenvalue weighted by molar-refractivity contribution is 0.0511. The van der Waals surface area contributed by atoms with E-state index in [4.69, 9.17) is 5.73 Å². The van der Waals surface area contributed by atoms with Crippen LogP contribution in [0.3, 0.4) is 0 Å². The molecule has 1 heterocycles. The van der Waals surface area contributed by atoms with E-state index in [0.29, 0.717) is 19.4 Å². The summed E-state index contributed by atoms with van der Waals surface area (Å²) in [5, 5.41) is 10.3. The van der Waals surface area contributed by atoms with Crippen molar-refractivity contribution in [3.8, 4) is 0 Å². The molecule has 0 spiro atoms. The van der Waals surface area contributed by atoms with E-state index in [-0.39, 0.29) is 0 Å². The van der Waals surface area contributed by atoms with Gasteiger partial charge in [0.15, 0.2) is 0 Å². The number of fused-ring (bicyclic) bond motifs is 1. The molecule has 4 heteroatoms. The van der Waals surface area contributed by atoms with Gasteiger partial charge in [-0.25, -0.2) is 4.98 Å². The van der Waals surface area contributed by atoms with Gasteiger partial charge in [-0.3, -0.25) is 0 Å². The van der Waals surface area contributed by atoms with E-state index < -0.39 is 5.60 Å². The highest BCUT2D eigenvalue weighted by Gasteiger charge is 2.23. The molecule has 0 bridgehead atoms. The Bertz CT molecular complexity index is 531. The molecule has 2 aromatic rings. The molecule has 98 valence electrons. The summed E-state index contributed by atoms with van der Waals surface area (Å²) in [6.07, 6.45) is 1.12. The minimum absolute atomic E-state index is 0.485. The second kappa shape index (κ2) is 5.08. The van der Waals surface area contributed by atoms with Crippen LogP contribution in [-0.4, -0.2) is 26.8 Å². The number of para-hydroxylation sites is 2. The Morgan fingerprint density at radius 1 is 1.39 bits per heavy atom. The summed E-state index contributed by atoms with van der Waals surface area (Å²) >= 11 is 0. The third-order valence-electron chi connectivity index (χ3n) is 3.27. The molecule has 1 aromatic heterocycles. The second-order valence-corrected chi connectivity index (χ2v) is 4.97. The van der Waals surface area contributed by atoms with E-state index in [1.54, 1.807) is 0 Å². The molecular formula is C14H21N3O. The smallest absolute Gasteiger partial charge is 0.112 e. The molecular weight excluding hydrogens is 226 g/mol. The van der Waals surface area contributed by atoms with Crippen molar-refractivity contribution in [1.29, 1.82) is 0 Å². The van der Waals surface area contributed by atoms with E-state index >= 15 is 0 Å². The monoisotopic (exact) mass is 247 g/mol. The molecule has 0 aliphatic carbocycles. The quantitative estimate of drug-likeness (QED) is 0.845. The van der Waals surface area contributed by atoms with Crippen LogP contribution in [0, 0.1) is 0 Å². The van der Waals surface area contributed by atoms with Crippen molar-refractivity contribution in [3.63, 3.8) is 0 Å². The van der Waals surface area contributed by atoms with Crippen LogP contribution >= 0.6 is 0 Å². The molecule has 0 aliphatic rings. The fraction of sp³-hybridized carbons (Fsp3) is 0.500. The molecule has 0 aliphatic heterocycles. The van der Waals surface area contributed by atoms with Crippen LogP contribution in [0.1, 0.15) is 26.1 Å². The average molecular weight is 247 g/mol. The third kappa shape index (κ3) is 2.54. The molecule has 1 unspecified atom stereocenters. The number of aliphatic hydroxyl groups is 1. The van der Waals surface area contributed by atoms with Crippen molar-refractivity contribution in [2.75, 3.05) is 6.54 Å². The van der Waals surface area contributed by atoms with Gasteiger partial charge in [0.05, 0.1) is 16.6 Å². The lowest BCUT2D eigenvalue weighted by atomic mass is 9.98. The van der Waals surface area contributed by atoms with Gasteiger partial charge in [-0.2, -0.15) is 0 Å². The molecule has 3 N–H and O–H groups in total. The SMILES string of the molecule is CCn1c(CC(C)(O)CCN)nc2ccccc21. The minimum atomic E-state index is -0.789. The van der Waals surface area contributed by atoms with Gasteiger partial charge in [0, 0.05) is 13.0 Å². The van der Waals surface area contributed by atoms with Crippen LogP contribution in [0.25, 0.3) is 11.0 Å². The van der Waals surface area contributed by atoms with E-state index in [1.807, 2.05) is 25.1 Å². The Hall–Kier alpha value is -1.39. The third-order valence-corrected chi connectivity index (χ3v) is 3.27. The number of hydrogen-bond donors (Lipinski definition) is 2. The zero-order valence-electron chi connectivity index (χ0n) is 11.1. The van der Waals surface area contributed by atoms with E-state index in [2.05, 4.69) is 22.5 Å². The van der Waals surface area contributed by atoms with E-state index in [0.717, 1.165) is 23.4 Å². The normalized spacial score (nSPS) is 14.9. The topological polar surface area (TPSA) is 64.1 Å². The van der Waals surface area contributed by atoms with Crippen molar-refractivity contribution in [2.24, 2.45) is 5.73 Å². The van der Waals surface area contributed by atoms with Crippen molar-refractivity contribution in [2.45, 2.75) is 38.8 Å². The first kappa shape index (κ1) is 13.1. The Balaban J connectivity index is 2.38. The summed E-state index contributed by atoms with van der Waals surface area (Å²) in [5.41, 5.74) is 6.85. The Morgan fingerprint density at radius 2 is 2.11 bits per heavy atom. The summed E-state index contributed by atoms with van der Waals surface area (Å²) in [6, 6.07) is 8.06. The molecule has 1 atom stereocenters. The van der Waals surface area contributed by atoms with Gasteiger partial charge in [0.1, 0.15) is 5.82 Å². The van der Waals surface area contributed by atoms with Gasteiger partial charge in [-0.05, 0) is 38.9 Å². The molecule has 4 nitrogen and oxygen atoms in total. The summed E-state index contributed by atoms with van der Waals surface area (Å²) in [4.78, 5) is 4.61. The van der Waals surface area contributed by atoms with Gasteiger partial charge in [0.25, 0.3) is 0 Å². The minimum Gasteiger partial charge on any atom is -0.390 e. The maximum Gasteiger partial charge on any atom is 0.112 e. The van der Waals surface area contributed by atoms with Crippen molar-refractivity contribution >= 4 is 11.0 Å². The molecule has 0 radical (unpaired) electrons. The number of imidazole rings is 1. The van der Waals surface area contributed by atoms with Gasteiger partial charge in [0.2, 0.25) is 0 Å². The van der Waals surface area contributed by atoms with Crippen LogP contribution in [0.5, 0.6) is 0 Å². The lowest BCUT2D eigenvalue weighted by Gasteiger charge is -2.22. The second-order valence-electron chi connectivity index (χ2n) is 4.97. The highest BCUT2D eigenvalue weighted by molar-refractivity contribution is 5.75. The van der Waals surface area contributed by atoms with Crippen LogP contribution in [0.15, 0.2) is 24.3 Å². The zero-order chi connectivity index (χ0) is 13.2. The number of nitrogens with two attached hydrogens (primary N) is 1. The first-order valence-corrected chi connectivity index (χ1v) is 6.44. The molecule has 0 saturated carbocycles. The van der Waals surface area contributed by atoms with Gasteiger partial charge in [-0.15, -0.1) is 0 Å². The summed E-state index contributed by atoms with van der Waals surface area (Å²) in [6.45, 7) is 5.25. The predicted molar refractivity (Wildman–Crippen MR) is 73.4 cm³/mol. The summed E-state index contributed by atoms with van der Waals surface area (Å²) < 4.78 is 2.15. The van der Waals surface area contributed by atoms with Crippen LogP contribution in [-0.2, 0) is 13.0 Å². The summed E-state index contributed by atoms with van der Waals surface area (Å²) in [5.74, 6) is 0.928. The fourth-order valence-corrected chi connectivity index (χ4v) is 2.35. The predicted octanol–water partition coefficient (Wildman–Crippen LogP) is 1.70. The van der Waals surface area contributed by atoms with Crippen LogP contribution < -0.4 is 5.73 Å². The van der Waals surface area contributed by atoms with Crippen molar-refractivity contribution < 1.29 is 5.11 Å². The van der Waals surface area contributed by atoms with Gasteiger partial charge >= 0.3 is 0 Å². The number of aryl methyl sites for hydroxylation is 1. The highest BCUT2D eigenvalue weighted by atomic mass is 16.3. The van der Waals surface area contributed by atoms with Crippen LogP contribution in [0.2, 0.25) is 0 Å². The molecule has 2 rings (SSSR count). The number of rotatable bonds is 5. The zero-order valence-corrected chi connectivity index (χ0v) is 11.1. The molecule has 18 heavy (non-hydrogen) atoms. The Morgan fingerprint density at radius 3 is 2.78 bits per heavy atom. The highest BCUT2D eigenvalue weighted by Crippen LogP contribution is 2.21. The lowest BCUT2D eigenvalue weighted by Crippen LogP contribution is -2.31. The Labute approximate surface area is 107 Å². The standard InChI is InChI=1S/C14H21N3O/c1-3-17-12-7-5-4-6-11(12)16-13(17)10-14(2,18)8-9-15/h4-7,18H,3,8-10,15H2,1-2H3. The Kier molecular flexibility index (Phi) is 3.68. The van der Waals surface area contributed by atoms with E-state index in [9.17, 15) is 5.11 Å². The van der Waals surface area contributed by atoms with Gasteiger partial charge < -0.3 is 15.4 Å². The summed E-state index contributed by atoms with van der Waals surface area (Å²) in [7, 11) is 0.